The Morgan fingerprint density at radius 3 is 1.62 bits per heavy atom. The molecule has 0 aromatic heterocycles. The molecule has 3 aliphatic rings. The van der Waals surface area contributed by atoms with Crippen LogP contribution >= 0.6 is 7.37 Å². The SMILES string of the molecule is CC1(C)O[C@H]2[C@@H]3OC(C)(C)O[C@@H]3[C@@H](O)[C@H](OP(=O)(c3ccccc3)c3ccccc3)[C@H]2O1. The summed E-state index contributed by atoms with van der Waals surface area (Å²) in [4.78, 5) is 0. The van der Waals surface area contributed by atoms with Gasteiger partial charge in [0.1, 0.15) is 36.6 Å². The van der Waals surface area contributed by atoms with E-state index >= 15 is 0 Å². The molecule has 0 radical (unpaired) electrons. The van der Waals surface area contributed by atoms with E-state index in [0.717, 1.165) is 0 Å². The van der Waals surface area contributed by atoms with Gasteiger partial charge in [0.05, 0.1) is 0 Å². The largest absolute Gasteiger partial charge is 0.387 e. The molecule has 1 saturated carbocycles. The highest BCUT2D eigenvalue weighted by atomic mass is 31.2. The van der Waals surface area contributed by atoms with Gasteiger partial charge in [-0.05, 0) is 52.0 Å². The smallest absolute Gasteiger partial charge is 0.261 e. The van der Waals surface area contributed by atoms with Crippen molar-refractivity contribution < 1.29 is 33.1 Å². The summed E-state index contributed by atoms with van der Waals surface area (Å²) in [5.41, 5.74) is 0. The molecule has 5 rings (SSSR count). The van der Waals surface area contributed by atoms with E-state index in [-0.39, 0.29) is 0 Å². The minimum atomic E-state index is -3.58. The number of rotatable bonds is 4. The maximum atomic E-state index is 14.5. The van der Waals surface area contributed by atoms with Crippen LogP contribution in [0.1, 0.15) is 27.7 Å². The maximum absolute atomic E-state index is 14.5. The second-order valence-electron chi connectivity index (χ2n) is 9.41. The Morgan fingerprint density at radius 2 is 1.12 bits per heavy atom. The molecule has 0 unspecified atom stereocenters. The van der Waals surface area contributed by atoms with Gasteiger partial charge in [0, 0.05) is 10.6 Å². The van der Waals surface area contributed by atoms with Gasteiger partial charge in [0.25, 0.3) is 7.37 Å². The van der Waals surface area contributed by atoms with Crippen LogP contribution in [0.3, 0.4) is 0 Å². The average Bonchev–Trinajstić information content (AvgIpc) is 3.27. The Balaban J connectivity index is 1.57. The molecule has 7 nitrogen and oxygen atoms in total. The molecule has 0 bridgehead atoms. The lowest BCUT2D eigenvalue weighted by Crippen LogP contribution is -2.62. The Labute approximate surface area is 188 Å². The number of fused-ring (bicyclic) bond motifs is 3. The van der Waals surface area contributed by atoms with E-state index in [9.17, 15) is 9.67 Å². The molecule has 0 spiro atoms. The summed E-state index contributed by atoms with van der Waals surface area (Å²) < 4.78 is 45.3. The maximum Gasteiger partial charge on any atom is 0.261 e. The van der Waals surface area contributed by atoms with Crippen LogP contribution in [0.15, 0.2) is 60.7 Å². The number of hydrogen-bond donors (Lipinski definition) is 1. The molecule has 3 fully saturated rings. The first-order valence-corrected chi connectivity index (χ1v) is 12.5. The number of aliphatic hydroxyl groups is 1. The Hall–Kier alpha value is -1.57. The van der Waals surface area contributed by atoms with E-state index in [2.05, 4.69) is 0 Å². The summed E-state index contributed by atoms with van der Waals surface area (Å²) in [6, 6.07) is 18.1. The van der Waals surface area contributed by atoms with Crippen LogP contribution in [0.2, 0.25) is 0 Å². The van der Waals surface area contributed by atoms with E-state index in [1.54, 1.807) is 52.0 Å². The molecule has 2 aromatic carbocycles. The molecule has 1 N–H and O–H groups in total. The van der Waals surface area contributed by atoms with Gasteiger partial charge in [-0.1, -0.05) is 36.4 Å². The number of benzene rings is 2. The molecule has 32 heavy (non-hydrogen) atoms. The third-order valence-electron chi connectivity index (χ3n) is 6.11. The Bertz CT molecular complexity index is 966. The summed E-state index contributed by atoms with van der Waals surface area (Å²) in [5.74, 6) is -1.81. The summed E-state index contributed by atoms with van der Waals surface area (Å²) in [6.45, 7) is 7.20. The fourth-order valence-electron chi connectivity index (χ4n) is 4.86. The highest BCUT2D eigenvalue weighted by molar-refractivity contribution is 7.74. The summed E-state index contributed by atoms with van der Waals surface area (Å²) in [7, 11) is -3.58. The molecule has 0 amide bonds. The lowest BCUT2D eigenvalue weighted by Gasteiger charge is -2.41. The van der Waals surface area contributed by atoms with Crippen LogP contribution in [-0.2, 0) is 28.0 Å². The lowest BCUT2D eigenvalue weighted by atomic mass is 9.85. The summed E-state index contributed by atoms with van der Waals surface area (Å²) >= 11 is 0. The molecule has 2 heterocycles. The zero-order valence-corrected chi connectivity index (χ0v) is 19.5. The molecule has 1 aliphatic carbocycles. The topological polar surface area (TPSA) is 83.5 Å². The van der Waals surface area contributed by atoms with Crippen LogP contribution in [0.4, 0.5) is 0 Å². The first-order chi connectivity index (χ1) is 15.1. The van der Waals surface area contributed by atoms with Crippen LogP contribution < -0.4 is 10.6 Å². The van der Waals surface area contributed by atoms with Gasteiger partial charge in [-0.25, -0.2) is 0 Å². The van der Waals surface area contributed by atoms with Crippen LogP contribution in [-0.4, -0.2) is 53.3 Å². The van der Waals surface area contributed by atoms with E-state index in [1.165, 1.54) is 0 Å². The van der Waals surface area contributed by atoms with Gasteiger partial charge in [0.15, 0.2) is 11.6 Å². The molecular formula is C24H29O7P. The summed E-state index contributed by atoms with van der Waals surface area (Å²) in [5, 5.41) is 12.4. The van der Waals surface area contributed by atoms with E-state index < -0.39 is 55.6 Å². The van der Waals surface area contributed by atoms with Crippen molar-refractivity contribution in [2.24, 2.45) is 0 Å². The molecular weight excluding hydrogens is 431 g/mol. The fourth-order valence-corrected chi connectivity index (χ4v) is 7.11. The molecule has 6 atom stereocenters. The third-order valence-corrected chi connectivity index (χ3v) is 8.61. The molecule has 2 aromatic rings. The zero-order chi connectivity index (χ0) is 22.7. The van der Waals surface area contributed by atoms with Gasteiger partial charge in [-0.3, -0.25) is 4.57 Å². The Morgan fingerprint density at radius 1 is 0.719 bits per heavy atom. The van der Waals surface area contributed by atoms with E-state index in [4.69, 9.17) is 23.5 Å². The van der Waals surface area contributed by atoms with Gasteiger partial charge < -0.3 is 28.6 Å². The first-order valence-electron chi connectivity index (χ1n) is 10.9. The molecule has 2 aliphatic heterocycles. The minimum Gasteiger partial charge on any atom is -0.387 e. The average molecular weight is 460 g/mol. The van der Waals surface area contributed by atoms with Crippen LogP contribution in [0, 0.1) is 0 Å². The number of hydrogen-bond acceptors (Lipinski definition) is 7. The second-order valence-corrected chi connectivity index (χ2v) is 11.8. The second kappa shape index (κ2) is 7.74. The van der Waals surface area contributed by atoms with Crippen LogP contribution in [0.25, 0.3) is 0 Å². The minimum absolute atomic E-state index is 0.528. The van der Waals surface area contributed by atoms with Crippen molar-refractivity contribution in [3.05, 3.63) is 60.7 Å². The molecule has 2 saturated heterocycles. The van der Waals surface area contributed by atoms with Crippen molar-refractivity contribution in [3.63, 3.8) is 0 Å². The monoisotopic (exact) mass is 460 g/mol. The van der Waals surface area contributed by atoms with E-state index in [1.807, 2.05) is 36.4 Å². The van der Waals surface area contributed by atoms with E-state index in [0.29, 0.717) is 10.6 Å². The van der Waals surface area contributed by atoms with Crippen molar-refractivity contribution in [3.8, 4) is 0 Å². The normalized spacial score (nSPS) is 35.3. The van der Waals surface area contributed by atoms with Crippen molar-refractivity contribution in [1.29, 1.82) is 0 Å². The van der Waals surface area contributed by atoms with Gasteiger partial charge in [-0.2, -0.15) is 0 Å². The Kier molecular flexibility index (Phi) is 5.38. The predicted octanol–water partition coefficient (Wildman–Crippen LogP) is 2.72. The van der Waals surface area contributed by atoms with Crippen molar-refractivity contribution >= 4 is 18.0 Å². The number of ether oxygens (including phenoxy) is 4. The first kappa shape index (κ1) is 22.2. The zero-order valence-electron chi connectivity index (χ0n) is 18.6. The highest BCUT2D eigenvalue weighted by Crippen LogP contribution is 2.52. The fraction of sp³-hybridized carbons (Fsp3) is 0.500. The van der Waals surface area contributed by atoms with Gasteiger partial charge >= 0.3 is 0 Å². The molecule has 8 heteroatoms. The van der Waals surface area contributed by atoms with Crippen molar-refractivity contribution in [1.82, 2.24) is 0 Å². The quantitative estimate of drug-likeness (QED) is 0.703. The van der Waals surface area contributed by atoms with Crippen molar-refractivity contribution in [2.75, 3.05) is 0 Å². The predicted molar refractivity (Wildman–Crippen MR) is 118 cm³/mol. The highest BCUT2D eigenvalue weighted by Gasteiger charge is 2.64. The van der Waals surface area contributed by atoms with Crippen LogP contribution in [0.5, 0.6) is 0 Å². The van der Waals surface area contributed by atoms with Gasteiger partial charge in [-0.15, -0.1) is 0 Å². The van der Waals surface area contributed by atoms with Crippen molar-refractivity contribution in [2.45, 2.75) is 75.9 Å². The number of aliphatic hydroxyl groups excluding tert-OH is 1. The third kappa shape index (κ3) is 3.76. The lowest BCUT2D eigenvalue weighted by molar-refractivity contribution is -0.182. The van der Waals surface area contributed by atoms with Gasteiger partial charge in [0.2, 0.25) is 0 Å². The molecule has 172 valence electrons. The standard InChI is InChI=1S/C24H29O7P/c1-23(2)27-18-17(25)19(21-22(20(18)28-23)30-24(3,4)29-21)31-32(26,15-11-7-5-8-12-15)16-13-9-6-10-14-16/h5-14,17-22,25H,1-4H3/t17-,18-,19+,20-,21-,22+/m1/s1. The summed E-state index contributed by atoms with van der Waals surface area (Å²) in [6.07, 6.45) is -4.52.